The van der Waals surface area contributed by atoms with Crippen LogP contribution in [0.1, 0.15) is 636 Å². The molecule has 107 heavy (non-hydrogen) atoms. The maximum atomic E-state index is 8.69. The molecular formula is C104H210O3. The topological polar surface area (TPSA) is 38.7 Å². The van der Waals surface area contributed by atoms with E-state index in [9.17, 15) is 0 Å². The van der Waals surface area contributed by atoms with Gasteiger partial charge in [0.05, 0.1) is 26.4 Å². The fourth-order valence-electron chi connectivity index (χ4n) is 17.6. The summed E-state index contributed by atoms with van der Waals surface area (Å²) in [6.07, 6.45) is 145. The lowest BCUT2D eigenvalue weighted by Crippen LogP contribution is -2.07. The van der Waals surface area contributed by atoms with Gasteiger partial charge in [-0.15, -0.1) is 0 Å². The van der Waals surface area contributed by atoms with Gasteiger partial charge >= 0.3 is 0 Å². The molecule has 0 amide bonds. The SMILES string of the molecule is CCCCCCCCCCCCCCCCCCCCCCCCCCCCCCCCCCCCCCCCCCCCCCCCCCCCCCCCCCCCCCCCCCCCCCCCCCCCCCCCCCCCCCCCCCCCCCCCCCCCOCCOCCO. The molecule has 0 unspecified atom stereocenters. The summed E-state index contributed by atoms with van der Waals surface area (Å²) >= 11 is 0. The van der Waals surface area contributed by atoms with Crippen molar-refractivity contribution in [2.45, 2.75) is 636 Å². The number of aliphatic hydroxyl groups is 1. The second kappa shape index (κ2) is 106. The van der Waals surface area contributed by atoms with Gasteiger partial charge in [-0.1, -0.05) is 630 Å². The molecule has 3 heteroatoms. The maximum Gasteiger partial charge on any atom is 0.0701 e. The highest BCUT2D eigenvalue weighted by Crippen LogP contribution is 2.24. The average Bonchev–Trinajstić information content (AvgIpc) is 3.82. The molecule has 0 rings (SSSR count). The zero-order chi connectivity index (χ0) is 76.2. The van der Waals surface area contributed by atoms with E-state index < -0.39 is 0 Å². The Bertz CT molecular complexity index is 1310. The van der Waals surface area contributed by atoms with Crippen LogP contribution in [0.4, 0.5) is 0 Å². The number of aliphatic hydroxyl groups excluding tert-OH is 1. The van der Waals surface area contributed by atoms with Crippen molar-refractivity contribution in [3.05, 3.63) is 0 Å². The van der Waals surface area contributed by atoms with Crippen LogP contribution in [-0.4, -0.2) is 38.1 Å². The van der Waals surface area contributed by atoms with E-state index in [4.69, 9.17) is 14.6 Å². The van der Waals surface area contributed by atoms with Crippen molar-refractivity contribution in [2.24, 2.45) is 0 Å². The minimum absolute atomic E-state index is 0.0972. The Labute approximate surface area is 679 Å². The number of ether oxygens (including phenoxy) is 2. The third-order valence-electron chi connectivity index (χ3n) is 25.2. The standard InChI is InChI=1S/C104H210O3/c1-2-3-4-5-6-7-8-9-10-11-12-13-14-15-16-17-18-19-20-21-22-23-24-25-26-27-28-29-30-31-32-33-34-35-36-37-38-39-40-41-42-43-44-45-46-47-48-49-50-51-52-53-54-55-56-57-58-59-60-61-62-63-64-65-66-67-68-69-70-71-72-73-74-75-76-77-78-79-80-81-82-83-84-85-86-87-88-89-90-91-92-93-94-95-96-97-98-99-101-106-103-104-107-102-100-105/h105H,2-104H2,1H3. The van der Waals surface area contributed by atoms with Gasteiger partial charge < -0.3 is 14.6 Å². The minimum atomic E-state index is 0.0972. The molecule has 0 saturated heterocycles. The number of hydrogen-bond acceptors (Lipinski definition) is 3. The highest BCUT2D eigenvalue weighted by atomic mass is 16.5. The third kappa shape index (κ3) is 106. The smallest absolute Gasteiger partial charge is 0.0701 e. The Morgan fingerprint density at radius 2 is 0.187 bits per heavy atom. The van der Waals surface area contributed by atoms with E-state index in [1.807, 2.05) is 0 Å². The van der Waals surface area contributed by atoms with Crippen molar-refractivity contribution in [2.75, 3.05) is 33.0 Å². The van der Waals surface area contributed by atoms with E-state index >= 15 is 0 Å². The van der Waals surface area contributed by atoms with Gasteiger partial charge in [0, 0.05) is 6.61 Å². The Morgan fingerprint density at radius 3 is 0.280 bits per heavy atom. The molecule has 0 bridgehead atoms. The lowest BCUT2D eigenvalue weighted by Gasteiger charge is -2.05. The van der Waals surface area contributed by atoms with E-state index in [0.717, 1.165) is 6.61 Å². The van der Waals surface area contributed by atoms with E-state index in [1.165, 1.54) is 629 Å². The van der Waals surface area contributed by atoms with Crippen molar-refractivity contribution in [1.82, 2.24) is 0 Å². The van der Waals surface area contributed by atoms with E-state index in [-0.39, 0.29) is 6.61 Å². The molecule has 0 aliphatic carbocycles. The van der Waals surface area contributed by atoms with Gasteiger partial charge in [-0.25, -0.2) is 0 Å². The molecule has 0 aromatic rings. The number of hydrogen-bond donors (Lipinski definition) is 1. The zero-order valence-corrected chi connectivity index (χ0v) is 75.1. The lowest BCUT2D eigenvalue weighted by atomic mass is 10.0. The largest absolute Gasteiger partial charge is 0.394 e. The van der Waals surface area contributed by atoms with Crippen molar-refractivity contribution >= 4 is 0 Å². The summed E-state index contributed by atoms with van der Waals surface area (Å²) in [5.41, 5.74) is 0. The maximum absolute atomic E-state index is 8.69. The molecule has 0 aliphatic heterocycles. The summed E-state index contributed by atoms with van der Waals surface area (Å²) in [6.45, 7) is 4.93. The van der Waals surface area contributed by atoms with Gasteiger partial charge in [0.25, 0.3) is 0 Å². The molecule has 1 N–H and O–H groups in total. The summed E-state index contributed by atoms with van der Waals surface area (Å²) in [7, 11) is 0. The predicted octanol–water partition coefficient (Wildman–Crippen LogP) is 38.3. The van der Waals surface area contributed by atoms with Crippen LogP contribution in [0.5, 0.6) is 0 Å². The Morgan fingerprint density at radius 1 is 0.103 bits per heavy atom. The molecule has 0 spiro atoms. The van der Waals surface area contributed by atoms with Gasteiger partial charge in [-0.2, -0.15) is 0 Å². The zero-order valence-electron chi connectivity index (χ0n) is 75.1. The van der Waals surface area contributed by atoms with Crippen LogP contribution in [0.3, 0.4) is 0 Å². The van der Waals surface area contributed by atoms with Crippen molar-refractivity contribution in [1.29, 1.82) is 0 Å². The van der Waals surface area contributed by atoms with Gasteiger partial charge in [-0.3, -0.25) is 0 Å². The van der Waals surface area contributed by atoms with Crippen LogP contribution < -0.4 is 0 Å². The summed E-state index contributed by atoms with van der Waals surface area (Å²) in [6, 6.07) is 0. The summed E-state index contributed by atoms with van der Waals surface area (Å²) < 4.78 is 10.8. The first-order valence-corrected chi connectivity index (χ1v) is 52.2. The Hall–Kier alpha value is -0.120. The predicted molar refractivity (Wildman–Crippen MR) is 487 cm³/mol. The van der Waals surface area contributed by atoms with Crippen LogP contribution in [-0.2, 0) is 9.47 Å². The first-order valence-electron chi connectivity index (χ1n) is 52.2. The van der Waals surface area contributed by atoms with Crippen molar-refractivity contribution in [3.63, 3.8) is 0 Å². The third-order valence-corrected chi connectivity index (χ3v) is 25.2. The number of unbranched alkanes of at least 4 members (excludes halogenated alkanes) is 97. The molecule has 0 saturated carbocycles. The highest BCUT2D eigenvalue weighted by molar-refractivity contribution is 4.60. The molecule has 0 aromatic carbocycles. The molecule has 3 nitrogen and oxygen atoms in total. The average molecular weight is 1510 g/mol. The monoisotopic (exact) mass is 1510 g/mol. The van der Waals surface area contributed by atoms with Crippen LogP contribution in [0.25, 0.3) is 0 Å². The summed E-state index contributed by atoms with van der Waals surface area (Å²) in [5.74, 6) is 0. The summed E-state index contributed by atoms with van der Waals surface area (Å²) in [4.78, 5) is 0. The quantitative estimate of drug-likeness (QED) is 0.0617. The first kappa shape index (κ1) is 107. The fraction of sp³-hybridized carbons (Fsp3) is 1.00. The molecule has 0 radical (unpaired) electrons. The second-order valence-electron chi connectivity index (χ2n) is 36.2. The van der Waals surface area contributed by atoms with Crippen LogP contribution in [0.2, 0.25) is 0 Å². The minimum Gasteiger partial charge on any atom is -0.394 e. The Balaban J connectivity index is 3.09. The van der Waals surface area contributed by atoms with Gasteiger partial charge in [-0.05, 0) is 6.42 Å². The van der Waals surface area contributed by atoms with Crippen molar-refractivity contribution < 1.29 is 14.6 Å². The molecular weight excluding hydrogens is 1300 g/mol. The van der Waals surface area contributed by atoms with Gasteiger partial charge in [0.15, 0.2) is 0 Å². The van der Waals surface area contributed by atoms with E-state index in [2.05, 4.69) is 6.92 Å². The highest BCUT2D eigenvalue weighted by Gasteiger charge is 2.04. The van der Waals surface area contributed by atoms with E-state index in [0.29, 0.717) is 19.8 Å². The molecule has 0 heterocycles. The van der Waals surface area contributed by atoms with E-state index in [1.54, 1.807) is 0 Å². The number of rotatable bonds is 104. The van der Waals surface area contributed by atoms with Crippen LogP contribution >= 0.6 is 0 Å². The molecule has 0 fully saturated rings. The summed E-state index contributed by atoms with van der Waals surface area (Å²) in [5, 5.41) is 8.69. The van der Waals surface area contributed by atoms with Gasteiger partial charge in [0.2, 0.25) is 0 Å². The van der Waals surface area contributed by atoms with Crippen LogP contribution in [0, 0.1) is 0 Å². The van der Waals surface area contributed by atoms with Crippen molar-refractivity contribution in [3.8, 4) is 0 Å². The molecule has 644 valence electrons. The molecule has 0 atom stereocenters. The molecule has 0 aliphatic rings. The first-order chi connectivity index (χ1) is 53.4. The van der Waals surface area contributed by atoms with Crippen LogP contribution in [0.15, 0.2) is 0 Å². The fourth-order valence-corrected chi connectivity index (χ4v) is 17.6. The normalized spacial score (nSPS) is 11.8. The lowest BCUT2D eigenvalue weighted by molar-refractivity contribution is 0.0321. The van der Waals surface area contributed by atoms with Gasteiger partial charge in [0.1, 0.15) is 0 Å². The second-order valence-corrected chi connectivity index (χ2v) is 36.2. The Kier molecular flexibility index (Phi) is 106. The molecule has 0 aromatic heterocycles.